The third kappa shape index (κ3) is 2.69. The second-order valence-corrected chi connectivity index (χ2v) is 7.63. The molecule has 0 aromatic heterocycles. The van der Waals surface area contributed by atoms with Crippen LogP contribution in [0.5, 0.6) is 0 Å². The van der Waals surface area contributed by atoms with Crippen molar-refractivity contribution in [3.63, 3.8) is 0 Å². The van der Waals surface area contributed by atoms with E-state index in [4.69, 9.17) is 5.73 Å². The van der Waals surface area contributed by atoms with Crippen molar-refractivity contribution in [1.82, 2.24) is 10.2 Å². The molecule has 2 heterocycles. The lowest BCUT2D eigenvalue weighted by molar-refractivity contribution is -0.118. The van der Waals surface area contributed by atoms with E-state index in [0.717, 1.165) is 41.7 Å². The summed E-state index contributed by atoms with van der Waals surface area (Å²) in [7, 11) is 0. The standard InChI is InChI=1S/C22H22FN3O/c23-18-6-2-3-13-11-14(7-8-16(13)18)21-25-22(27)15-4-1-5-17-19(24)9-10-26(21)20(17)12-15/h1-6,11-12,19-21H,7-10,24H2,(H,25,27)/t19?,20?,21-/m1/s1. The highest BCUT2D eigenvalue weighted by Gasteiger charge is 2.39. The third-order valence-electron chi connectivity index (χ3n) is 6.10. The molecule has 27 heavy (non-hydrogen) atoms. The monoisotopic (exact) mass is 363 g/mol. The molecule has 1 aromatic carbocycles. The number of nitrogens with two attached hydrogens (primary N) is 1. The number of nitrogens with zero attached hydrogens (tertiary/aromatic N) is 1. The molecule has 2 aliphatic carbocycles. The summed E-state index contributed by atoms with van der Waals surface area (Å²) in [4.78, 5) is 15.1. The normalized spacial score (nSPS) is 29.6. The highest BCUT2D eigenvalue weighted by Crippen LogP contribution is 2.35. The summed E-state index contributed by atoms with van der Waals surface area (Å²) in [5.74, 6) is -0.219. The van der Waals surface area contributed by atoms with E-state index in [-0.39, 0.29) is 30.0 Å². The minimum absolute atomic E-state index is 0.00973. The molecule has 2 aliphatic heterocycles. The number of fused-ring (bicyclic) bond motifs is 1. The largest absolute Gasteiger partial charge is 0.333 e. The van der Waals surface area contributed by atoms with Crippen molar-refractivity contribution in [1.29, 1.82) is 0 Å². The van der Waals surface area contributed by atoms with E-state index in [9.17, 15) is 9.18 Å². The van der Waals surface area contributed by atoms with Gasteiger partial charge in [0.05, 0.1) is 6.04 Å². The molecule has 4 nitrogen and oxygen atoms in total. The smallest absolute Gasteiger partial charge is 0.252 e. The van der Waals surface area contributed by atoms with Crippen molar-refractivity contribution >= 4 is 12.0 Å². The summed E-state index contributed by atoms with van der Waals surface area (Å²) in [6.45, 7) is 0.811. The number of hydrogen-bond acceptors (Lipinski definition) is 3. The molecule has 3 atom stereocenters. The fourth-order valence-electron chi connectivity index (χ4n) is 4.68. The lowest BCUT2D eigenvalue weighted by atomic mass is 9.87. The molecule has 1 saturated heterocycles. The topological polar surface area (TPSA) is 58.4 Å². The van der Waals surface area contributed by atoms with E-state index in [2.05, 4.69) is 22.4 Å². The third-order valence-corrected chi connectivity index (χ3v) is 6.10. The molecule has 5 heteroatoms. The van der Waals surface area contributed by atoms with Crippen molar-refractivity contribution in [2.24, 2.45) is 5.73 Å². The molecule has 0 radical (unpaired) electrons. The highest BCUT2D eigenvalue weighted by molar-refractivity contribution is 5.97. The number of amides is 1. The number of allylic oxidation sites excluding steroid dienone is 2. The van der Waals surface area contributed by atoms with Crippen molar-refractivity contribution in [3.8, 4) is 0 Å². The van der Waals surface area contributed by atoms with Crippen molar-refractivity contribution in [2.45, 2.75) is 37.5 Å². The Kier molecular flexibility index (Phi) is 3.88. The van der Waals surface area contributed by atoms with E-state index in [0.29, 0.717) is 12.0 Å². The molecule has 3 N–H and O–H groups in total. The van der Waals surface area contributed by atoms with Crippen LogP contribution in [0.3, 0.4) is 0 Å². The molecule has 0 saturated carbocycles. The number of hydrogen-bond donors (Lipinski definition) is 2. The summed E-state index contributed by atoms with van der Waals surface area (Å²) in [5, 5.41) is 3.20. The Bertz CT molecular complexity index is 943. The molecule has 1 amide bonds. The first kappa shape index (κ1) is 16.7. The zero-order valence-corrected chi connectivity index (χ0v) is 15.0. The van der Waals surface area contributed by atoms with Gasteiger partial charge in [-0.15, -0.1) is 0 Å². The first-order valence-corrected chi connectivity index (χ1v) is 9.52. The van der Waals surface area contributed by atoms with Gasteiger partial charge in [0.2, 0.25) is 0 Å². The summed E-state index contributed by atoms with van der Waals surface area (Å²) in [6.07, 6.45) is 12.0. The van der Waals surface area contributed by atoms with E-state index < -0.39 is 0 Å². The Balaban J connectivity index is 1.57. The molecule has 0 spiro atoms. The molecular formula is C22H22FN3O. The molecule has 2 unspecified atom stereocenters. The van der Waals surface area contributed by atoms with Crippen LogP contribution in [0.25, 0.3) is 6.08 Å². The summed E-state index contributed by atoms with van der Waals surface area (Å²) >= 11 is 0. The Morgan fingerprint density at radius 1 is 1.26 bits per heavy atom. The van der Waals surface area contributed by atoms with Crippen LogP contribution in [0.4, 0.5) is 4.39 Å². The number of carbonyl (C=O) groups is 1. The number of carbonyl (C=O) groups excluding carboxylic acids is 1. The van der Waals surface area contributed by atoms with Gasteiger partial charge in [0.1, 0.15) is 12.0 Å². The fraction of sp³-hybridized carbons (Fsp3) is 0.318. The van der Waals surface area contributed by atoms with Crippen molar-refractivity contribution < 1.29 is 9.18 Å². The number of halogens is 1. The summed E-state index contributed by atoms with van der Waals surface area (Å²) in [6, 6.07) is 5.22. The number of benzene rings is 1. The first-order valence-electron chi connectivity index (χ1n) is 9.52. The predicted molar refractivity (Wildman–Crippen MR) is 103 cm³/mol. The second kappa shape index (κ2) is 6.29. The summed E-state index contributed by atoms with van der Waals surface area (Å²) < 4.78 is 14.1. The molecule has 1 fully saturated rings. The Morgan fingerprint density at radius 2 is 2.15 bits per heavy atom. The maximum absolute atomic E-state index is 14.1. The lowest BCUT2D eigenvalue weighted by Crippen LogP contribution is -2.57. The van der Waals surface area contributed by atoms with Crippen LogP contribution in [0.15, 0.2) is 59.2 Å². The van der Waals surface area contributed by atoms with Gasteiger partial charge in [-0.1, -0.05) is 36.4 Å². The quantitative estimate of drug-likeness (QED) is 0.806. The van der Waals surface area contributed by atoms with E-state index in [1.807, 2.05) is 24.3 Å². The highest BCUT2D eigenvalue weighted by atomic mass is 19.1. The predicted octanol–water partition coefficient (Wildman–Crippen LogP) is 2.44. The van der Waals surface area contributed by atoms with Gasteiger partial charge < -0.3 is 11.1 Å². The van der Waals surface area contributed by atoms with E-state index >= 15 is 0 Å². The van der Waals surface area contributed by atoms with Gasteiger partial charge in [0, 0.05) is 18.2 Å². The lowest BCUT2D eigenvalue weighted by Gasteiger charge is -2.43. The van der Waals surface area contributed by atoms with Gasteiger partial charge in [0.25, 0.3) is 5.91 Å². The molecule has 1 aromatic rings. The van der Waals surface area contributed by atoms with Crippen LogP contribution in [0, 0.1) is 5.82 Å². The van der Waals surface area contributed by atoms with Gasteiger partial charge >= 0.3 is 0 Å². The van der Waals surface area contributed by atoms with E-state index in [1.165, 1.54) is 6.07 Å². The Morgan fingerprint density at radius 3 is 3.04 bits per heavy atom. The zero-order chi connectivity index (χ0) is 18.5. The molecule has 2 bridgehead atoms. The Hall–Kier alpha value is -2.50. The van der Waals surface area contributed by atoms with E-state index in [1.54, 1.807) is 6.07 Å². The van der Waals surface area contributed by atoms with Gasteiger partial charge in [-0.05, 0) is 53.7 Å². The van der Waals surface area contributed by atoms with Crippen LogP contribution in [0.2, 0.25) is 0 Å². The maximum atomic E-state index is 14.1. The van der Waals surface area contributed by atoms with Gasteiger partial charge in [0.15, 0.2) is 0 Å². The SMILES string of the molecule is NC1CCN2C3C=C(C=CC=C13)C(=O)N[C@H]2C1=Cc2cccc(F)c2CC1. The van der Waals surface area contributed by atoms with Crippen LogP contribution in [0.1, 0.15) is 24.0 Å². The molecule has 4 aliphatic rings. The minimum Gasteiger partial charge on any atom is -0.333 e. The zero-order valence-electron chi connectivity index (χ0n) is 15.0. The molecule has 138 valence electrons. The molecular weight excluding hydrogens is 341 g/mol. The fourth-order valence-corrected chi connectivity index (χ4v) is 4.68. The van der Waals surface area contributed by atoms with Gasteiger partial charge in [-0.2, -0.15) is 0 Å². The minimum atomic E-state index is -0.199. The van der Waals surface area contributed by atoms with Crippen LogP contribution >= 0.6 is 0 Å². The average Bonchev–Trinajstić information content (AvgIpc) is 2.97. The number of piperidine rings is 1. The number of nitrogens with one attached hydrogen (secondary N) is 1. The van der Waals surface area contributed by atoms with Crippen molar-refractivity contribution in [2.75, 3.05) is 6.54 Å². The van der Waals surface area contributed by atoms with Crippen LogP contribution in [-0.4, -0.2) is 35.6 Å². The maximum Gasteiger partial charge on any atom is 0.252 e. The molecule has 5 rings (SSSR count). The number of rotatable bonds is 1. The van der Waals surface area contributed by atoms with Gasteiger partial charge in [-0.3, -0.25) is 9.69 Å². The average molecular weight is 363 g/mol. The Labute approximate surface area is 157 Å². The second-order valence-electron chi connectivity index (χ2n) is 7.63. The van der Waals surface area contributed by atoms with Crippen molar-refractivity contribution in [3.05, 3.63) is 76.2 Å². The first-order chi connectivity index (χ1) is 13.1. The van der Waals surface area contributed by atoms with Gasteiger partial charge in [-0.25, -0.2) is 4.39 Å². The van der Waals surface area contributed by atoms with Crippen LogP contribution < -0.4 is 11.1 Å². The van der Waals surface area contributed by atoms with Crippen LogP contribution in [-0.2, 0) is 11.2 Å². The summed E-state index contributed by atoms with van der Waals surface area (Å²) in [5.41, 5.74) is 11.0.